The summed E-state index contributed by atoms with van der Waals surface area (Å²) >= 11 is 0. The van der Waals surface area contributed by atoms with E-state index in [0.717, 1.165) is 11.3 Å². The van der Waals surface area contributed by atoms with E-state index in [4.69, 9.17) is 0 Å². The van der Waals surface area contributed by atoms with E-state index in [0.29, 0.717) is 17.2 Å². The van der Waals surface area contributed by atoms with E-state index in [2.05, 4.69) is 20.6 Å². The van der Waals surface area contributed by atoms with Crippen molar-refractivity contribution in [2.24, 2.45) is 0 Å². The zero-order valence-corrected chi connectivity index (χ0v) is 14.6. The van der Waals surface area contributed by atoms with Crippen LogP contribution in [0.15, 0.2) is 54.6 Å². The number of carbonyl (C=O) groups is 1. The van der Waals surface area contributed by atoms with Crippen LogP contribution in [0.4, 0.5) is 15.9 Å². The lowest BCUT2D eigenvalue weighted by molar-refractivity contribution is 0.102. The molecule has 5 nitrogen and oxygen atoms in total. The molecule has 0 aliphatic heterocycles. The third kappa shape index (κ3) is 4.22. The molecule has 132 valence electrons. The number of amides is 1. The molecule has 6 heteroatoms. The maximum Gasteiger partial charge on any atom is 0.274 e. The monoisotopic (exact) mass is 350 g/mol. The molecule has 1 aromatic heterocycles. The molecule has 2 N–H and O–H groups in total. The number of hydrogen-bond acceptors (Lipinski definition) is 4. The Hall–Kier alpha value is -3.28. The van der Waals surface area contributed by atoms with Gasteiger partial charge in [0, 0.05) is 23.9 Å². The Morgan fingerprint density at radius 1 is 1.04 bits per heavy atom. The number of halogens is 1. The number of carbonyl (C=O) groups excluding carboxylic acids is 1. The first-order chi connectivity index (χ1) is 12.5. The lowest BCUT2D eigenvalue weighted by Gasteiger charge is -2.11. The molecule has 0 bridgehead atoms. The minimum absolute atomic E-state index is 0.247. The van der Waals surface area contributed by atoms with E-state index in [1.54, 1.807) is 31.2 Å². The predicted octanol–water partition coefficient (Wildman–Crippen LogP) is 4.10. The van der Waals surface area contributed by atoms with Crippen molar-refractivity contribution >= 4 is 17.4 Å². The van der Waals surface area contributed by atoms with Gasteiger partial charge in [0.1, 0.15) is 23.2 Å². The van der Waals surface area contributed by atoms with Gasteiger partial charge in [-0.3, -0.25) is 4.79 Å². The van der Waals surface area contributed by atoms with Crippen molar-refractivity contribution in [3.63, 3.8) is 0 Å². The quantitative estimate of drug-likeness (QED) is 0.727. The summed E-state index contributed by atoms with van der Waals surface area (Å²) in [6.07, 6.45) is 0. The van der Waals surface area contributed by atoms with Gasteiger partial charge in [0.25, 0.3) is 5.91 Å². The number of nitrogens with one attached hydrogen (secondary N) is 2. The van der Waals surface area contributed by atoms with Crippen molar-refractivity contribution in [3.05, 3.63) is 83.1 Å². The van der Waals surface area contributed by atoms with Crippen LogP contribution in [0.5, 0.6) is 0 Å². The van der Waals surface area contributed by atoms with Gasteiger partial charge in [-0.15, -0.1) is 0 Å². The molecule has 3 aromatic rings. The number of aromatic nitrogens is 2. The van der Waals surface area contributed by atoms with Gasteiger partial charge < -0.3 is 10.6 Å². The van der Waals surface area contributed by atoms with Gasteiger partial charge in [0.05, 0.1) is 0 Å². The molecule has 2 aromatic carbocycles. The highest BCUT2D eigenvalue weighted by Gasteiger charge is 2.12. The Bertz CT molecular complexity index is 943. The van der Waals surface area contributed by atoms with Gasteiger partial charge in [0.2, 0.25) is 0 Å². The van der Waals surface area contributed by atoms with Crippen LogP contribution in [0.25, 0.3) is 0 Å². The Labute approximate surface area is 151 Å². The molecule has 0 radical (unpaired) electrons. The Morgan fingerprint density at radius 3 is 2.54 bits per heavy atom. The molecule has 0 spiro atoms. The zero-order valence-electron chi connectivity index (χ0n) is 14.6. The van der Waals surface area contributed by atoms with E-state index >= 15 is 0 Å². The van der Waals surface area contributed by atoms with Crippen molar-refractivity contribution in [3.8, 4) is 0 Å². The Morgan fingerprint density at radius 2 is 1.77 bits per heavy atom. The normalized spacial score (nSPS) is 10.4. The molecule has 0 saturated carbocycles. The van der Waals surface area contributed by atoms with Gasteiger partial charge >= 0.3 is 0 Å². The van der Waals surface area contributed by atoms with Crippen LogP contribution in [-0.4, -0.2) is 15.9 Å². The van der Waals surface area contributed by atoms with Crippen LogP contribution in [0.1, 0.15) is 27.4 Å². The minimum Gasteiger partial charge on any atom is -0.366 e. The highest BCUT2D eigenvalue weighted by Crippen LogP contribution is 2.16. The lowest BCUT2D eigenvalue weighted by Crippen LogP contribution is -2.16. The lowest BCUT2D eigenvalue weighted by atomic mass is 10.2. The number of benzene rings is 2. The first-order valence-electron chi connectivity index (χ1n) is 8.23. The first kappa shape index (κ1) is 17.5. The SMILES string of the molecule is Cc1nc(NCc2ccccc2F)cc(C(=O)Nc2ccccc2C)n1. The summed E-state index contributed by atoms with van der Waals surface area (Å²) in [5.41, 5.74) is 2.46. The number of aryl methyl sites for hydroxylation is 2. The molecule has 1 amide bonds. The summed E-state index contributed by atoms with van der Waals surface area (Å²) in [6, 6.07) is 15.6. The maximum absolute atomic E-state index is 13.7. The first-order valence-corrected chi connectivity index (χ1v) is 8.23. The molecular weight excluding hydrogens is 331 g/mol. The molecule has 0 aliphatic rings. The van der Waals surface area contributed by atoms with Crippen molar-refractivity contribution in [2.75, 3.05) is 10.6 Å². The van der Waals surface area contributed by atoms with Crippen LogP contribution >= 0.6 is 0 Å². The van der Waals surface area contributed by atoms with Crippen molar-refractivity contribution in [2.45, 2.75) is 20.4 Å². The second kappa shape index (κ2) is 7.74. The van der Waals surface area contributed by atoms with Crippen LogP contribution in [0, 0.1) is 19.7 Å². The molecule has 26 heavy (non-hydrogen) atoms. The summed E-state index contributed by atoms with van der Waals surface area (Å²) in [5, 5.41) is 5.89. The predicted molar refractivity (Wildman–Crippen MR) is 99.6 cm³/mol. The second-order valence-corrected chi connectivity index (χ2v) is 5.90. The van der Waals surface area contributed by atoms with Gasteiger partial charge in [-0.2, -0.15) is 0 Å². The number of anilines is 2. The van der Waals surface area contributed by atoms with Gasteiger partial charge in [-0.25, -0.2) is 14.4 Å². The van der Waals surface area contributed by atoms with E-state index in [1.807, 2.05) is 31.2 Å². The fraction of sp³-hybridized carbons (Fsp3) is 0.150. The summed E-state index contributed by atoms with van der Waals surface area (Å²) < 4.78 is 13.7. The molecule has 0 aliphatic carbocycles. The third-order valence-electron chi connectivity index (χ3n) is 3.88. The maximum atomic E-state index is 13.7. The fourth-order valence-corrected chi connectivity index (χ4v) is 2.50. The Balaban J connectivity index is 1.76. The van der Waals surface area contributed by atoms with Crippen molar-refractivity contribution in [1.29, 1.82) is 0 Å². The smallest absolute Gasteiger partial charge is 0.274 e. The largest absolute Gasteiger partial charge is 0.366 e. The third-order valence-corrected chi connectivity index (χ3v) is 3.88. The van der Waals surface area contributed by atoms with E-state index in [9.17, 15) is 9.18 Å². The van der Waals surface area contributed by atoms with Crippen LogP contribution in [-0.2, 0) is 6.54 Å². The second-order valence-electron chi connectivity index (χ2n) is 5.90. The van der Waals surface area contributed by atoms with Gasteiger partial charge in [-0.1, -0.05) is 36.4 Å². The molecular formula is C20H19FN4O. The topological polar surface area (TPSA) is 66.9 Å². The number of nitrogens with zero attached hydrogens (tertiary/aromatic N) is 2. The molecule has 1 heterocycles. The van der Waals surface area contributed by atoms with Crippen molar-refractivity contribution in [1.82, 2.24) is 9.97 Å². The zero-order chi connectivity index (χ0) is 18.5. The van der Waals surface area contributed by atoms with E-state index in [-0.39, 0.29) is 24.0 Å². The highest BCUT2D eigenvalue weighted by molar-refractivity contribution is 6.03. The average molecular weight is 350 g/mol. The molecule has 0 saturated heterocycles. The van der Waals surface area contributed by atoms with Crippen LogP contribution in [0.3, 0.4) is 0 Å². The van der Waals surface area contributed by atoms with Crippen LogP contribution < -0.4 is 10.6 Å². The van der Waals surface area contributed by atoms with Crippen LogP contribution in [0.2, 0.25) is 0 Å². The summed E-state index contributed by atoms with van der Waals surface area (Å²) in [5.74, 6) is 0.316. The highest BCUT2D eigenvalue weighted by atomic mass is 19.1. The number of para-hydroxylation sites is 1. The summed E-state index contributed by atoms with van der Waals surface area (Å²) in [4.78, 5) is 21.0. The number of rotatable bonds is 5. The molecule has 0 fully saturated rings. The van der Waals surface area contributed by atoms with Gasteiger partial charge in [-0.05, 0) is 31.5 Å². The molecule has 0 atom stereocenters. The standard InChI is InChI=1S/C20H19FN4O/c1-13-7-3-6-10-17(13)25-20(26)18-11-19(24-14(2)23-18)22-12-15-8-4-5-9-16(15)21/h3-11H,12H2,1-2H3,(H,25,26)(H,22,23,24). The molecule has 0 unspecified atom stereocenters. The summed E-state index contributed by atoms with van der Waals surface area (Å²) in [6.45, 7) is 3.89. The fourth-order valence-electron chi connectivity index (χ4n) is 2.50. The van der Waals surface area contributed by atoms with E-state index in [1.165, 1.54) is 6.07 Å². The Kier molecular flexibility index (Phi) is 5.22. The molecule has 3 rings (SSSR count). The average Bonchev–Trinajstić information content (AvgIpc) is 2.62. The minimum atomic E-state index is -0.321. The van der Waals surface area contributed by atoms with Crippen molar-refractivity contribution < 1.29 is 9.18 Å². The van der Waals surface area contributed by atoms with E-state index < -0.39 is 0 Å². The summed E-state index contributed by atoms with van der Waals surface area (Å²) in [7, 11) is 0. The number of hydrogen-bond donors (Lipinski definition) is 2. The van der Waals surface area contributed by atoms with Gasteiger partial charge in [0.15, 0.2) is 0 Å².